The third kappa shape index (κ3) is 4.29. The predicted molar refractivity (Wildman–Crippen MR) is 114 cm³/mol. The second-order valence-electron chi connectivity index (χ2n) is 7.72. The minimum atomic E-state index is -0.0119. The van der Waals surface area contributed by atoms with Crippen molar-refractivity contribution in [3.05, 3.63) is 6.33 Å². The molecule has 2 aromatic rings. The molecule has 1 unspecified atom stereocenters. The molecule has 2 N–H and O–H groups in total. The maximum absolute atomic E-state index is 12.9. The molecular weight excluding hydrogens is 370 g/mol. The molecule has 29 heavy (non-hydrogen) atoms. The minimum Gasteiger partial charge on any atom is -0.395 e. The normalized spacial score (nSPS) is 17.2. The number of rotatable bonds is 8. The van der Waals surface area contributed by atoms with Gasteiger partial charge in [0.15, 0.2) is 17.0 Å². The highest BCUT2D eigenvalue weighted by Crippen LogP contribution is 2.31. The summed E-state index contributed by atoms with van der Waals surface area (Å²) in [6.07, 6.45) is 3.40. The Hall–Kier alpha value is -2.42. The average molecular weight is 404 g/mol. The Morgan fingerprint density at radius 2 is 2.10 bits per heavy atom. The lowest BCUT2D eigenvalue weighted by atomic mass is 9.96. The summed E-state index contributed by atoms with van der Waals surface area (Å²) in [7, 11) is 0. The van der Waals surface area contributed by atoms with Crippen LogP contribution in [0.3, 0.4) is 0 Å². The fourth-order valence-corrected chi connectivity index (χ4v) is 4.05. The van der Waals surface area contributed by atoms with Crippen LogP contribution in [0.5, 0.6) is 0 Å². The molecule has 160 valence electrons. The number of anilines is 2. The summed E-state index contributed by atoms with van der Waals surface area (Å²) in [5.74, 6) is 1.68. The number of nitrogens with zero attached hydrogens (tertiary/aromatic N) is 6. The van der Waals surface area contributed by atoms with E-state index in [-0.39, 0.29) is 24.5 Å². The first kappa shape index (κ1) is 21.3. The number of imidazole rings is 1. The molecule has 0 aromatic carbocycles. The molecule has 0 radical (unpaired) electrons. The van der Waals surface area contributed by atoms with Crippen molar-refractivity contribution in [2.24, 2.45) is 5.92 Å². The van der Waals surface area contributed by atoms with Crippen LogP contribution in [0.1, 0.15) is 46.6 Å². The molecule has 1 amide bonds. The van der Waals surface area contributed by atoms with Crippen LogP contribution >= 0.6 is 0 Å². The Bertz CT molecular complexity index is 832. The molecule has 0 saturated carbocycles. The summed E-state index contributed by atoms with van der Waals surface area (Å²) >= 11 is 0. The van der Waals surface area contributed by atoms with Gasteiger partial charge in [-0.2, -0.15) is 0 Å². The number of aromatic nitrogens is 4. The predicted octanol–water partition coefficient (Wildman–Crippen LogP) is 1.90. The van der Waals surface area contributed by atoms with E-state index >= 15 is 0 Å². The second-order valence-corrected chi connectivity index (χ2v) is 7.72. The van der Waals surface area contributed by atoms with E-state index in [0.29, 0.717) is 24.4 Å². The lowest BCUT2D eigenvalue weighted by Gasteiger charge is -2.35. The van der Waals surface area contributed by atoms with Crippen LogP contribution in [-0.4, -0.2) is 74.8 Å². The Labute approximate surface area is 172 Å². The van der Waals surface area contributed by atoms with E-state index < -0.39 is 0 Å². The summed E-state index contributed by atoms with van der Waals surface area (Å²) in [6.45, 7) is 11.7. The number of carbonyl (C=O) groups excluding carboxylic acids is 1. The first-order valence-electron chi connectivity index (χ1n) is 10.6. The van der Waals surface area contributed by atoms with E-state index in [4.69, 9.17) is 10.1 Å². The van der Waals surface area contributed by atoms with Crippen molar-refractivity contribution in [1.29, 1.82) is 0 Å². The number of fused-ring (bicyclic) bond motifs is 1. The van der Waals surface area contributed by atoms with E-state index in [0.717, 1.165) is 44.1 Å². The smallest absolute Gasteiger partial charge is 0.227 e. The van der Waals surface area contributed by atoms with Gasteiger partial charge in [-0.15, -0.1) is 0 Å². The highest BCUT2D eigenvalue weighted by molar-refractivity contribution is 5.86. The lowest BCUT2D eigenvalue weighted by Crippen LogP contribution is -2.45. The second kappa shape index (κ2) is 9.39. The van der Waals surface area contributed by atoms with Crippen molar-refractivity contribution in [3.63, 3.8) is 0 Å². The molecule has 0 aliphatic carbocycles. The van der Waals surface area contributed by atoms with Gasteiger partial charge in [-0.05, 0) is 40.5 Å². The van der Waals surface area contributed by atoms with Crippen molar-refractivity contribution in [3.8, 4) is 0 Å². The molecule has 0 bridgehead atoms. The van der Waals surface area contributed by atoms with Crippen LogP contribution in [0, 0.1) is 5.92 Å². The number of aliphatic hydroxyl groups is 1. The summed E-state index contributed by atoms with van der Waals surface area (Å²) in [5.41, 5.74) is 1.46. The van der Waals surface area contributed by atoms with Gasteiger partial charge in [0, 0.05) is 38.8 Å². The Balaban J connectivity index is 1.95. The molecule has 2 aromatic heterocycles. The number of hydrogen-bond acceptors (Lipinski definition) is 7. The summed E-state index contributed by atoms with van der Waals surface area (Å²) in [4.78, 5) is 30.7. The third-order valence-electron chi connectivity index (χ3n) is 5.51. The molecule has 9 nitrogen and oxygen atoms in total. The van der Waals surface area contributed by atoms with Crippen LogP contribution < -0.4 is 10.2 Å². The fraction of sp³-hybridized carbons (Fsp3) is 0.700. The van der Waals surface area contributed by atoms with Gasteiger partial charge in [-0.3, -0.25) is 9.36 Å². The molecule has 9 heteroatoms. The largest absolute Gasteiger partial charge is 0.395 e. The number of nitrogens with one attached hydrogen (secondary N) is 1. The van der Waals surface area contributed by atoms with E-state index in [1.165, 1.54) is 6.33 Å². The van der Waals surface area contributed by atoms with Gasteiger partial charge >= 0.3 is 0 Å². The summed E-state index contributed by atoms with van der Waals surface area (Å²) in [6, 6.07) is 0.162. The number of amides is 1. The first-order chi connectivity index (χ1) is 14.0. The van der Waals surface area contributed by atoms with Crippen molar-refractivity contribution >= 4 is 28.8 Å². The van der Waals surface area contributed by atoms with Gasteiger partial charge < -0.3 is 20.2 Å². The zero-order valence-electron chi connectivity index (χ0n) is 17.9. The molecule has 1 aliphatic heterocycles. The maximum Gasteiger partial charge on any atom is 0.227 e. The lowest BCUT2D eigenvalue weighted by molar-refractivity contribution is -0.135. The standard InChI is InChI=1S/C20H33N7O2/c1-5-25(6-2)19(29)15-8-7-10-26(12-15)20-24-16-17(21-9-11-28)22-13-23-18(16)27(20)14(3)4/h13-15,28H,5-12H2,1-4H3,(H,21,22,23). The minimum absolute atomic E-state index is 0.0119. The number of hydrogen-bond donors (Lipinski definition) is 2. The topological polar surface area (TPSA) is 99.4 Å². The van der Waals surface area contributed by atoms with Gasteiger partial charge in [0.2, 0.25) is 11.9 Å². The highest BCUT2D eigenvalue weighted by Gasteiger charge is 2.31. The van der Waals surface area contributed by atoms with Crippen LogP contribution in [0.25, 0.3) is 11.2 Å². The van der Waals surface area contributed by atoms with Crippen LogP contribution in [0.2, 0.25) is 0 Å². The van der Waals surface area contributed by atoms with Crippen molar-refractivity contribution in [2.75, 3.05) is 49.5 Å². The zero-order chi connectivity index (χ0) is 21.0. The van der Waals surface area contributed by atoms with Gasteiger partial charge in [-0.25, -0.2) is 15.0 Å². The van der Waals surface area contributed by atoms with Gasteiger partial charge in [0.1, 0.15) is 6.33 Å². The summed E-state index contributed by atoms with van der Waals surface area (Å²) < 4.78 is 2.12. The highest BCUT2D eigenvalue weighted by atomic mass is 16.3. The molecule has 1 fully saturated rings. The van der Waals surface area contributed by atoms with Crippen LogP contribution in [-0.2, 0) is 4.79 Å². The number of aliphatic hydroxyl groups excluding tert-OH is 1. The van der Waals surface area contributed by atoms with Gasteiger partial charge in [0.05, 0.1) is 12.5 Å². The van der Waals surface area contributed by atoms with E-state index in [1.54, 1.807) is 0 Å². The third-order valence-corrected chi connectivity index (χ3v) is 5.51. The molecule has 0 spiro atoms. The van der Waals surface area contributed by atoms with Gasteiger partial charge in [-0.1, -0.05) is 0 Å². The molecule has 3 heterocycles. The van der Waals surface area contributed by atoms with E-state index in [9.17, 15) is 4.79 Å². The Morgan fingerprint density at radius 3 is 2.76 bits per heavy atom. The molecule has 3 rings (SSSR count). The van der Waals surface area contributed by atoms with E-state index in [1.807, 2.05) is 18.7 Å². The van der Waals surface area contributed by atoms with E-state index in [2.05, 4.69) is 38.6 Å². The van der Waals surface area contributed by atoms with Gasteiger partial charge in [0.25, 0.3) is 0 Å². The Kier molecular flexibility index (Phi) is 6.89. The quantitative estimate of drug-likeness (QED) is 0.694. The fourth-order valence-electron chi connectivity index (χ4n) is 4.05. The Morgan fingerprint density at radius 1 is 1.34 bits per heavy atom. The van der Waals surface area contributed by atoms with Crippen LogP contribution in [0.15, 0.2) is 6.33 Å². The molecule has 1 saturated heterocycles. The monoisotopic (exact) mass is 403 g/mol. The average Bonchev–Trinajstić information content (AvgIpc) is 3.13. The SMILES string of the molecule is CCN(CC)C(=O)C1CCCN(c2nc3c(NCCO)ncnc3n2C(C)C)C1. The van der Waals surface area contributed by atoms with Crippen LogP contribution in [0.4, 0.5) is 11.8 Å². The maximum atomic E-state index is 12.9. The van der Waals surface area contributed by atoms with Crippen molar-refractivity contribution < 1.29 is 9.90 Å². The summed E-state index contributed by atoms with van der Waals surface area (Å²) in [5, 5.41) is 12.3. The van der Waals surface area contributed by atoms with Crippen molar-refractivity contribution in [2.45, 2.75) is 46.6 Å². The first-order valence-corrected chi connectivity index (χ1v) is 10.6. The van der Waals surface area contributed by atoms with Crippen molar-refractivity contribution in [1.82, 2.24) is 24.4 Å². The molecular formula is C20H33N7O2. The number of carbonyl (C=O) groups is 1. The molecule has 1 atom stereocenters. The molecule has 1 aliphatic rings. The zero-order valence-corrected chi connectivity index (χ0v) is 17.9. The number of piperidine rings is 1.